The minimum absolute atomic E-state index is 0.0445. The van der Waals surface area contributed by atoms with Crippen molar-refractivity contribution in [3.63, 3.8) is 0 Å². The standard InChI is InChI=1S/C9H5Cl2F6NO/c10-5-1-6(11)18-2-4(5)3-19-7(8(12,13)14)9(15,16)17/h1-2,7H,3H2. The summed E-state index contributed by atoms with van der Waals surface area (Å²) in [5.41, 5.74) is -0.135. The van der Waals surface area contributed by atoms with Crippen LogP contribution in [0.25, 0.3) is 0 Å². The molecule has 1 rings (SSSR count). The number of aromatic nitrogens is 1. The third-order valence-corrected chi connectivity index (χ3v) is 2.45. The van der Waals surface area contributed by atoms with E-state index < -0.39 is 25.1 Å². The molecule has 10 heteroatoms. The first-order valence-corrected chi connectivity index (χ1v) is 5.32. The highest BCUT2D eigenvalue weighted by molar-refractivity contribution is 6.34. The molecule has 1 aromatic heterocycles. The topological polar surface area (TPSA) is 22.1 Å². The molecule has 0 amide bonds. The zero-order valence-electron chi connectivity index (χ0n) is 8.82. The number of rotatable bonds is 3. The summed E-state index contributed by atoms with van der Waals surface area (Å²) in [5, 5.41) is -0.181. The molecule has 0 fully saturated rings. The highest BCUT2D eigenvalue weighted by Gasteiger charge is 2.57. The predicted molar refractivity (Wildman–Crippen MR) is 54.9 cm³/mol. The van der Waals surface area contributed by atoms with E-state index in [9.17, 15) is 26.3 Å². The van der Waals surface area contributed by atoms with Gasteiger partial charge in [-0.25, -0.2) is 4.98 Å². The second-order valence-corrected chi connectivity index (χ2v) is 4.17. The van der Waals surface area contributed by atoms with Crippen LogP contribution in [0.3, 0.4) is 0 Å². The Hall–Kier alpha value is -0.730. The number of ether oxygens (including phenoxy) is 1. The van der Waals surface area contributed by atoms with Crippen LogP contribution in [0.5, 0.6) is 0 Å². The van der Waals surface area contributed by atoms with Crippen molar-refractivity contribution in [2.24, 2.45) is 0 Å². The molecule has 0 N–H and O–H groups in total. The van der Waals surface area contributed by atoms with Crippen LogP contribution in [0.4, 0.5) is 26.3 Å². The van der Waals surface area contributed by atoms with Crippen molar-refractivity contribution in [2.75, 3.05) is 0 Å². The average Bonchev–Trinajstić information content (AvgIpc) is 2.17. The Morgan fingerprint density at radius 3 is 2.05 bits per heavy atom. The van der Waals surface area contributed by atoms with Crippen molar-refractivity contribution in [2.45, 2.75) is 25.1 Å². The highest BCUT2D eigenvalue weighted by Crippen LogP contribution is 2.36. The van der Waals surface area contributed by atoms with E-state index in [1.807, 2.05) is 0 Å². The van der Waals surface area contributed by atoms with Crippen LogP contribution < -0.4 is 0 Å². The van der Waals surface area contributed by atoms with Crippen molar-refractivity contribution in [3.05, 3.63) is 28.0 Å². The zero-order chi connectivity index (χ0) is 14.8. The van der Waals surface area contributed by atoms with E-state index in [0.29, 0.717) is 0 Å². The third kappa shape index (κ3) is 4.70. The summed E-state index contributed by atoms with van der Waals surface area (Å²) in [6.45, 7) is -0.993. The molecular formula is C9H5Cl2F6NO. The van der Waals surface area contributed by atoms with Gasteiger partial charge < -0.3 is 4.74 Å². The van der Waals surface area contributed by atoms with Gasteiger partial charge in [-0.15, -0.1) is 0 Å². The summed E-state index contributed by atoms with van der Waals surface area (Å²) in [7, 11) is 0. The maximum absolute atomic E-state index is 12.2. The molecule has 0 saturated carbocycles. The van der Waals surface area contributed by atoms with Gasteiger partial charge in [0.2, 0.25) is 6.10 Å². The van der Waals surface area contributed by atoms with Gasteiger partial charge >= 0.3 is 12.4 Å². The lowest BCUT2D eigenvalue weighted by Crippen LogP contribution is -2.44. The summed E-state index contributed by atoms with van der Waals surface area (Å²) in [6, 6.07) is 1.08. The maximum Gasteiger partial charge on any atom is 0.423 e. The lowest BCUT2D eigenvalue weighted by molar-refractivity contribution is -0.324. The van der Waals surface area contributed by atoms with Crippen LogP contribution in [0.2, 0.25) is 10.2 Å². The predicted octanol–water partition coefficient (Wildman–Crippen LogP) is 4.40. The molecule has 1 aromatic rings. The zero-order valence-corrected chi connectivity index (χ0v) is 10.3. The Balaban J connectivity index is 2.83. The summed E-state index contributed by atoms with van der Waals surface area (Å²) in [4.78, 5) is 3.48. The number of halogens is 8. The van der Waals surface area contributed by atoms with Crippen molar-refractivity contribution < 1.29 is 31.1 Å². The van der Waals surface area contributed by atoms with Gasteiger partial charge in [0, 0.05) is 11.8 Å². The minimum Gasteiger partial charge on any atom is -0.356 e. The molecule has 1 heterocycles. The first-order chi connectivity index (χ1) is 8.51. The monoisotopic (exact) mass is 327 g/mol. The Morgan fingerprint density at radius 1 is 1.11 bits per heavy atom. The minimum atomic E-state index is -5.56. The van der Waals surface area contributed by atoms with Crippen LogP contribution >= 0.6 is 23.2 Å². The molecule has 0 atom stereocenters. The molecule has 108 valence electrons. The largest absolute Gasteiger partial charge is 0.423 e. The molecule has 0 aliphatic carbocycles. The van der Waals surface area contributed by atoms with Crippen molar-refractivity contribution >= 4 is 23.2 Å². The fourth-order valence-corrected chi connectivity index (χ4v) is 1.51. The quantitative estimate of drug-likeness (QED) is 0.606. The lowest BCUT2D eigenvalue weighted by Gasteiger charge is -2.23. The molecular weight excluding hydrogens is 323 g/mol. The Labute approximate surface area is 113 Å². The first kappa shape index (κ1) is 16.3. The van der Waals surface area contributed by atoms with Crippen LogP contribution in [-0.2, 0) is 11.3 Å². The van der Waals surface area contributed by atoms with E-state index >= 15 is 0 Å². The molecule has 19 heavy (non-hydrogen) atoms. The van der Waals surface area contributed by atoms with Crippen LogP contribution in [0.15, 0.2) is 12.3 Å². The highest BCUT2D eigenvalue weighted by atomic mass is 35.5. The SMILES string of the molecule is FC(F)(F)C(OCc1cnc(Cl)cc1Cl)C(F)(F)F. The number of alkyl halides is 6. The van der Waals surface area contributed by atoms with E-state index in [0.717, 1.165) is 12.3 Å². The van der Waals surface area contributed by atoms with Gasteiger partial charge in [-0.2, -0.15) is 26.3 Å². The molecule has 0 saturated heterocycles. The van der Waals surface area contributed by atoms with E-state index in [1.54, 1.807) is 0 Å². The molecule has 2 nitrogen and oxygen atoms in total. The van der Waals surface area contributed by atoms with Crippen molar-refractivity contribution in [1.29, 1.82) is 0 Å². The fourth-order valence-electron chi connectivity index (χ4n) is 1.09. The van der Waals surface area contributed by atoms with Gasteiger partial charge in [0.05, 0.1) is 11.6 Å². The summed E-state index contributed by atoms with van der Waals surface area (Å²) < 4.78 is 76.9. The lowest BCUT2D eigenvalue weighted by atomic mass is 10.3. The molecule has 0 radical (unpaired) electrons. The number of hydrogen-bond acceptors (Lipinski definition) is 2. The normalized spacial score (nSPS) is 13.1. The van der Waals surface area contributed by atoms with E-state index in [-0.39, 0.29) is 15.7 Å². The Bertz CT molecular complexity index is 433. The summed E-state index contributed by atoms with van der Waals surface area (Å²) in [5.74, 6) is 0. The van der Waals surface area contributed by atoms with Crippen LogP contribution in [-0.4, -0.2) is 23.4 Å². The van der Waals surface area contributed by atoms with Crippen LogP contribution in [0, 0.1) is 0 Å². The smallest absolute Gasteiger partial charge is 0.356 e. The number of hydrogen-bond donors (Lipinski definition) is 0. The van der Waals surface area contributed by atoms with Gasteiger partial charge in [0.1, 0.15) is 5.15 Å². The van der Waals surface area contributed by atoms with Crippen molar-refractivity contribution in [1.82, 2.24) is 4.98 Å². The molecule has 0 aromatic carbocycles. The van der Waals surface area contributed by atoms with Gasteiger partial charge in [-0.1, -0.05) is 23.2 Å². The fraction of sp³-hybridized carbons (Fsp3) is 0.444. The van der Waals surface area contributed by atoms with E-state index in [2.05, 4.69) is 9.72 Å². The molecule has 0 spiro atoms. The van der Waals surface area contributed by atoms with Gasteiger partial charge in [0.25, 0.3) is 0 Å². The van der Waals surface area contributed by atoms with Gasteiger partial charge in [-0.3, -0.25) is 0 Å². The first-order valence-electron chi connectivity index (χ1n) is 4.56. The van der Waals surface area contributed by atoms with Crippen molar-refractivity contribution in [3.8, 4) is 0 Å². The molecule has 0 aliphatic rings. The maximum atomic E-state index is 12.2. The molecule has 0 aliphatic heterocycles. The summed E-state index contributed by atoms with van der Waals surface area (Å²) in [6.07, 6.45) is -14.1. The Morgan fingerprint density at radius 2 is 1.63 bits per heavy atom. The third-order valence-electron chi connectivity index (χ3n) is 1.90. The number of pyridine rings is 1. The van der Waals surface area contributed by atoms with Crippen LogP contribution in [0.1, 0.15) is 5.56 Å². The van der Waals surface area contributed by atoms with E-state index in [4.69, 9.17) is 23.2 Å². The summed E-state index contributed by atoms with van der Waals surface area (Å²) >= 11 is 11.0. The van der Waals surface area contributed by atoms with Gasteiger partial charge in [0.15, 0.2) is 0 Å². The Kier molecular flexibility index (Phi) is 4.91. The molecule has 0 unspecified atom stereocenters. The second kappa shape index (κ2) is 5.72. The average molecular weight is 328 g/mol. The van der Waals surface area contributed by atoms with Gasteiger partial charge in [-0.05, 0) is 6.07 Å². The molecule has 0 bridgehead atoms. The van der Waals surface area contributed by atoms with E-state index in [1.165, 1.54) is 0 Å². The second-order valence-electron chi connectivity index (χ2n) is 3.37. The number of nitrogens with zero attached hydrogens (tertiary/aromatic N) is 1.